The fourth-order valence-electron chi connectivity index (χ4n) is 3.18. The van der Waals surface area contributed by atoms with Crippen LogP contribution in [0.3, 0.4) is 0 Å². The van der Waals surface area contributed by atoms with Gasteiger partial charge in [0.2, 0.25) is 10.0 Å². The molecule has 3 rings (SSSR count). The zero-order valence-corrected chi connectivity index (χ0v) is 13.8. The van der Waals surface area contributed by atoms with Gasteiger partial charge in [-0.2, -0.15) is 0 Å². The molecule has 0 unspecified atom stereocenters. The van der Waals surface area contributed by atoms with E-state index in [2.05, 4.69) is 10.0 Å². The molecular formula is C14H20N2O6S. The number of ether oxygens (including phenoxy) is 2. The normalized spacial score (nSPS) is 29.7. The van der Waals surface area contributed by atoms with Crippen LogP contribution in [0.2, 0.25) is 0 Å². The molecule has 2 heterocycles. The molecule has 1 aliphatic heterocycles. The second-order valence-electron chi connectivity index (χ2n) is 5.75. The SMILES string of the molecule is CCOc1ccc(C(=O)N[C@@H]2[C@@H]3CCO[C@@H]3[C@H]2NS(C)(=O)=O)o1. The molecule has 1 saturated carbocycles. The molecule has 2 N–H and O–H groups in total. The van der Waals surface area contributed by atoms with Gasteiger partial charge in [0.25, 0.3) is 11.9 Å². The highest BCUT2D eigenvalue weighted by Crippen LogP contribution is 2.39. The van der Waals surface area contributed by atoms with Crippen LogP contribution in [0.25, 0.3) is 0 Å². The fraction of sp³-hybridized carbons (Fsp3) is 0.643. The highest BCUT2D eigenvalue weighted by molar-refractivity contribution is 7.88. The molecule has 23 heavy (non-hydrogen) atoms. The van der Waals surface area contributed by atoms with Gasteiger partial charge in [0.05, 0.1) is 31.1 Å². The monoisotopic (exact) mass is 344 g/mol. The average molecular weight is 344 g/mol. The summed E-state index contributed by atoms with van der Waals surface area (Å²) in [6, 6.07) is 2.33. The third-order valence-electron chi connectivity index (χ3n) is 4.13. The van der Waals surface area contributed by atoms with E-state index in [1.54, 1.807) is 6.07 Å². The summed E-state index contributed by atoms with van der Waals surface area (Å²) in [6.07, 6.45) is 1.69. The van der Waals surface area contributed by atoms with Crippen LogP contribution in [0.5, 0.6) is 5.95 Å². The van der Waals surface area contributed by atoms with E-state index in [9.17, 15) is 13.2 Å². The smallest absolute Gasteiger partial charge is 0.287 e. The van der Waals surface area contributed by atoms with Crippen molar-refractivity contribution in [1.82, 2.24) is 10.0 Å². The number of carbonyl (C=O) groups is 1. The first-order valence-electron chi connectivity index (χ1n) is 7.51. The lowest BCUT2D eigenvalue weighted by atomic mass is 9.72. The predicted molar refractivity (Wildman–Crippen MR) is 80.7 cm³/mol. The molecule has 1 aliphatic carbocycles. The maximum atomic E-state index is 12.3. The van der Waals surface area contributed by atoms with Crippen molar-refractivity contribution < 1.29 is 27.1 Å². The first kappa shape index (κ1) is 16.3. The van der Waals surface area contributed by atoms with Crippen LogP contribution in [0.4, 0.5) is 0 Å². The first-order chi connectivity index (χ1) is 10.9. The topological polar surface area (TPSA) is 107 Å². The van der Waals surface area contributed by atoms with Crippen molar-refractivity contribution in [2.45, 2.75) is 31.5 Å². The number of rotatable bonds is 6. The van der Waals surface area contributed by atoms with Gasteiger partial charge in [0.15, 0.2) is 5.76 Å². The van der Waals surface area contributed by atoms with Gasteiger partial charge in [-0.25, -0.2) is 13.1 Å². The number of fused-ring (bicyclic) bond motifs is 1. The van der Waals surface area contributed by atoms with Crippen LogP contribution in [0.15, 0.2) is 16.5 Å². The Morgan fingerprint density at radius 1 is 1.39 bits per heavy atom. The van der Waals surface area contributed by atoms with Crippen molar-refractivity contribution in [3.63, 3.8) is 0 Å². The summed E-state index contributed by atoms with van der Waals surface area (Å²) in [6.45, 7) is 2.83. The quantitative estimate of drug-likeness (QED) is 0.759. The Kier molecular flexibility index (Phi) is 4.35. The van der Waals surface area contributed by atoms with E-state index in [-0.39, 0.29) is 29.8 Å². The Labute approximate surface area is 134 Å². The summed E-state index contributed by atoms with van der Waals surface area (Å²) in [5.41, 5.74) is 0. The highest BCUT2D eigenvalue weighted by Gasteiger charge is 2.55. The van der Waals surface area contributed by atoms with Gasteiger partial charge in [0, 0.05) is 18.6 Å². The van der Waals surface area contributed by atoms with Crippen molar-refractivity contribution in [2.24, 2.45) is 5.92 Å². The number of nitrogens with one attached hydrogen (secondary N) is 2. The third-order valence-corrected chi connectivity index (χ3v) is 4.83. The molecule has 0 bridgehead atoms. The van der Waals surface area contributed by atoms with Crippen LogP contribution in [0, 0.1) is 5.92 Å². The minimum absolute atomic E-state index is 0.111. The highest BCUT2D eigenvalue weighted by atomic mass is 32.2. The Hall–Kier alpha value is -1.58. The Bertz CT molecular complexity index is 685. The minimum atomic E-state index is -3.38. The van der Waals surface area contributed by atoms with Crippen LogP contribution >= 0.6 is 0 Å². The minimum Gasteiger partial charge on any atom is -0.465 e. The summed E-state index contributed by atoms with van der Waals surface area (Å²) in [5.74, 6) is 0.124. The third kappa shape index (κ3) is 3.36. The largest absolute Gasteiger partial charge is 0.465 e. The summed E-state index contributed by atoms with van der Waals surface area (Å²) < 4.78 is 41.5. The molecule has 1 aromatic heterocycles. The van der Waals surface area contributed by atoms with Crippen molar-refractivity contribution in [2.75, 3.05) is 19.5 Å². The van der Waals surface area contributed by atoms with Gasteiger partial charge in [-0.15, -0.1) is 0 Å². The lowest BCUT2D eigenvalue weighted by molar-refractivity contribution is -0.0197. The number of carbonyl (C=O) groups excluding carboxylic acids is 1. The van der Waals surface area contributed by atoms with E-state index in [0.29, 0.717) is 13.2 Å². The van der Waals surface area contributed by atoms with Crippen LogP contribution in [0.1, 0.15) is 23.9 Å². The van der Waals surface area contributed by atoms with Gasteiger partial charge < -0.3 is 19.2 Å². The van der Waals surface area contributed by atoms with Gasteiger partial charge in [-0.05, 0) is 19.4 Å². The van der Waals surface area contributed by atoms with Crippen molar-refractivity contribution in [3.8, 4) is 5.95 Å². The molecule has 128 valence electrons. The molecule has 4 atom stereocenters. The lowest BCUT2D eigenvalue weighted by Crippen LogP contribution is -2.70. The number of sulfonamides is 1. The molecule has 9 heteroatoms. The summed E-state index contributed by atoms with van der Waals surface area (Å²) in [7, 11) is -3.38. The van der Waals surface area contributed by atoms with E-state index in [1.165, 1.54) is 6.07 Å². The molecule has 0 radical (unpaired) electrons. The summed E-state index contributed by atoms with van der Waals surface area (Å²) >= 11 is 0. The lowest BCUT2D eigenvalue weighted by Gasteiger charge is -2.47. The maximum absolute atomic E-state index is 12.3. The predicted octanol–water partition coefficient (Wildman–Crippen LogP) is 0.113. The molecule has 2 aliphatic rings. The average Bonchev–Trinajstić information content (AvgIpc) is 3.09. The van der Waals surface area contributed by atoms with Gasteiger partial charge in [-0.3, -0.25) is 4.79 Å². The van der Waals surface area contributed by atoms with E-state index < -0.39 is 22.0 Å². The Balaban J connectivity index is 1.68. The zero-order valence-electron chi connectivity index (χ0n) is 12.9. The van der Waals surface area contributed by atoms with E-state index in [0.717, 1.165) is 12.7 Å². The first-order valence-corrected chi connectivity index (χ1v) is 9.40. The molecular weight excluding hydrogens is 324 g/mol. The van der Waals surface area contributed by atoms with Crippen LogP contribution in [-0.2, 0) is 14.8 Å². The second-order valence-corrected chi connectivity index (χ2v) is 7.53. The van der Waals surface area contributed by atoms with Gasteiger partial charge >= 0.3 is 0 Å². The van der Waals surface area contributed by atoms with Crippen molar-refractivity contribution in [1.29, 1.82) is 0 Å². The second kappa shape index (κ2) is 6.14. The fourth-order valence-corrected chi connectivity index (χ4v) is 3.95. The van der Waals surface area contributed by atoms with Crippen molar-refractivity contribution >= 4 is 15.9 Å². The Morgan fingerprint density at radius 3 is 2.87 bits per heavy atom. The molecule has 0 spiro atoms. The van der Waals surface area contributed by atoms with Crippen LogP contribution < -0.4 is 14.8 Å². The van der Waals surface area contributed by atoms with E-state index >= 15 is 0 Å². The molecule has 1 aromatic rings. The van der Waals surface area contributed by atoms with E-state index in [4.69, 9.17) is 13.9 Å². The molecule has 8 nitrogen and oxygen atoms in total. The number of furan rings is 1. The molecule has 2 fully saturated rings. The molecule has 1 amide bonds. The molecule has 1 saturated heterocycles. The van der Waals surface area contributed by atoms with Crippen LogP contribution in [-0.4, -0.2) is 52.0 Å². The number of amides is 1. The maximum Gasteiger partial charge on any atom is 0.287 e. The zero-order chi connectivity index (χ0) is 16.6. The number of hydrogen-bond acceptors (Lipinski definition) is 6. The van der Waals surface area contributed by atoms with Crippen molar-refractivity contribution in [3.05, 3.63) is 17.9 Å². The van der Waals surface area contributed by atoms with E-state index in [1.807, 2.05) is 6.92 Å². The summed E-state index contributed by atoms with van der Waals surface area (Å²) in [4.78, 5) is 12.3. The summed E-state index contributed by atoms with van der Waals surface area (Å²) in [5, 5.41) is 2.84. The standard InChI is InChI=1S/C14H20N2O6S/c1-3-20-10-5-4-9(22-10)14(17)15-11-8-6-7-21-13(8)12(11)16-23(2,18)19/h4-5,8,11-13,16H,3,6-7H2,1-2H3,(H,15,17)/t8-,11+,12-,13-/m0/s1. The number of hydrogen-bond donors (Lipinski definition) is 2. The Morgan fingerprint density at radius 2 is 2.17 bits per heavy atom. The van der Waals surface area contributed by atoms with Gasteiger partial charge in [0.1, 0.15) is 0 Å². The van der Waals surface area contributed by atoms with Gasteiger partial charge in [-0.1, -0.05) is 0 Å². The molecule has 0 aromatic carbocycles.